The first-order valence-electron chi connectivity index (χ1n) is 10.9. The first kappa shape index (κ1) is 23.2. The van der Waals surface area contributed by atoms with Crippen LogP contribution in [0.2, 0.25) is 0 Å². The van der Waals surface area contributed by atoms with Gasteiger partial charge in [0.05, 0.1) is 19.0 Å². The number of rotatable bonds is 9. The van der Waals surface area contributed by atoms with Crippen molar-refractivity contribution in [2.45, 2.75) is 75.7 Å². The van der Waals surface area contributed by atoms with Crippen LogP contribution in [0.4, 0.5) is 0 Å². The predicted molar refractivity (Wildman–Crippen MR) is 116 cm³/mol. The van der Waals surface area contributed by atoms with Crippen molar-refractivity contribution in [2.24, 2.45) is 0 Å². The molecule has 0 amide bonds. The van der Waals surface area contributed by atoms with Crippen molar-refractivity contribution >= 4 is 16.3 Å². The molecule has 0 unspecified atom stereocenters. The van der Waals surface area contributed by atoms with Crippen LogP contribution in [0.3, 0.4) is 0 Å². The summed E-state index contributed by atoms with van der Waals surface area (Å²) in [5.74, 6) is 1.19. The zero-order valence-corrected chi connectivity index (χ0v) is 18.7. The number of hydrogen-bond acceptors (Lipinski definition) is 6. The number of nitrogens with one attached hydrogen (secondary N) is 2. The van der Waals surface area contributed by atoms with Gasteiger partial charge in [0, 0.05) is 12.1 Å². The van der Waals surface area contributed by atoms with Gasteiger partial charge in [0.15, 0.2) is 12.4 Å². The van der Waals surface area contributed by atoms with E-state index in [4.69, 9.17) is 9.47 Å². The first-order valence-corrected chi connectivity index (χ1v) is 12.8. The summed E-state index contributed by atoms with van der Waals surface area (Å²) in [4.78, 5) is 11.0. The van der Waals surface area contributed by atoms with Crippen LogP contribution in [0, 0.1) is 0 Å². The second-order valence-electron chi connectivity index (χ2n) is 8.50. The van der Waals surface area contributed by atoms with E-state index in [1.54, 1.807) is 6.92 Å². The highest BCUT2D eigenvalue weighted by Crippen LogP contribution is 2.38. The van der Waals surface area contributed by atoms with Crippen molar-refractivity contribution in [3.8, 4) is 5.75 Å². The number of benzene rings is 1. The Labute approximate surface area is 180 Å². The molecule has 168 valence electrons. The molecule has 1 saturated carbocycles. The summed E-state index contributed by atoms with van der Waals surface area (Å²) in [7, 11) is -3.23. The molecular weight excluding hydrogens is 404 g/mol. The van der Waals surface area contributed by atoms with Crippen LogP contribution in [-0.2, 0) is 19.6 Å². The van der Waals surface area contributed by atoms with Gasteiger partial charge in [-0.15, -0.1) is 0 Å². The van der Waals surface area contributed by atoms with Gasteiger partial charge in [0.25, 0.3) is 0 Å². The van der Waals surface area contributed by atoms with Gasteiger partial charge >= 0.3 is 0 Å². The summed E-state index contributed by atoms with van der Waals surface area (Å²) in [5, 5.41) is 3.40. The predicted octanol–water partition coefficient (Wildman–Crippen LogP) is 2.37. The molecule has 1 saturated heterocycles. The average molecular weight is 439 g/mol. The van der Waals surface area contributed by atoms with Crippen LogP contribution in [0.5, 0.6) is 5.75 Å². The number of ether oxygens (including phenoxy) is 2. The molecule has 2 N–H and O–H groups in total. The van der Waals surface area contributed by atoms with Gasteiger partial charge in [0.2, 0.25) is 10.0 Å². The van der Waals surface area contributed by atoms with E-state index in [1.165, 1.54) is 6.26 Å². The summed E-state index contributed by atoms with van der Waals surface area (Å²) < 4.78 is 38.0. The van der Waals surface area contributed by atoms with E-state index < -0.39 is 16.1 Å². The summed E-state index contributed by atoms with van der Waals surface area (Å²) in [5.41, 5.74) is 1.16. The molecule has 1 aliphatic heterocycles. The fourth-order valence-corrected chi connectivity index (χ4v) is 5.31. The molecule has 1 aromatic carbocycles. The van der Waals surface area contributed by atoms with Crippen molar-refractivity contribution in [1.82, 2.24) is 10.0 Å². The summed E-state index contributed by atoms with van der Waals surface area (Å²) in [6, 6.07) is 7.86. The Hall–Kier alpha value is -1.48. The lowest BCUT2D eigenvalue weighted by atomic mass is 9.82. The van der Waals surface area contributed by atoms with E-state index in [9.17, 15) is 13.2 Å². The Morgan fingerprint density at radius 3 is 2.63 bits per heavy atom. The highest BCUT2D eigenvalue weighted by molar-refractivity contribution is 7.88. The molecule has 7 nitrogen and oxygen atoms in total. The Morgan fingerprint density at radius 2 is 1.93 bits per heavy atom. The highest BCUT2D eigenvalue weighted by atomic mass is 32.2. The number of sulfonamides is 1. The van der Waals surface area contributed by atoms with E-state index >= 15 is 0 Å². The maximum absolute atomic E-state index is 11.6. The summed E-state index contributed by atoms with van der Waals surface area (Å²) in [6.45, 7) is 3.15. The van der Waals surface area contributed by atoms with Crippen molar-refractivity contribution in [2.75, 3.05) is 19.4 Å². The lowest BCUT2D eigenvalue weighted by molar-refractivity contribution is -0.113. The van der Waals surface area contributed by atoms with Crippen LogP contribution in [-0.4, -0.2) is 58.4 Å². The number of aldehydes is 1. The lowest BCUT2D eigenvalue weighted by Crippen LogP contribution is -2.55. The quantitative estimate of drug-likeness (QED) is 0.575. The van der Waals surface area contributed by atoms with E-state index in [0.717, 1.165) is 62.7 Å². The molecule has 30 heavy (non-hydrogen) atoms. The standard InChI is InChI=1S/C22H34N2O5S/c1-16(14-25)29-22-8-4-3-6-19(22)17-9-11-18(12-10-17)28-15-21-20(7-5-13-23-21)24-30(2,26)27/h3-4,6,8,14,16-18,20-21,23-24H,5,7,9-13,15H2,1-2H3/t16-,17-,18+,20-,21-/m0/s1. The maximum Gasteiger partial charge on any atom is 0.209 e. The van der Waals surface area contributed by atoms with Gasteiger partial charge in [-0.05, 0) is 69.5 Å². The minimum atomic E-state index is -3.23. The summed E-state index contributed by atoms with van der Waals surface area (Å²) >= 11 is 0. The SMILES string of the molecule is C[C@@H](C=O)Oc1ccccc1[C@H]1CC[C@@H](OC[C@@H]2NCCC[C@@H]2NS(C)(=O)=O)CC1. The largest absolute Gasteiger partial charge is 0.483 e. The van der Waals surface area contributed by atoms with E-state index in [0.29, 0.717) is 12.5 Å². The molecule has 3 rings (SSSR count). The van der Waals surface area contributed by atoms with E-state index in [-0.39, 0.29) is 18.2 Å². The number of hydrogen-bond donors (Lipinski definition) is 2. The summed E-state index contributed by atoms with van der Waals surface area (Å²) in [6.07, 6.45) is 7.46. The minimum Gasteiger partial charge on any atom is -0.483 e. The van der Waals surface area contributed by atoms with Gasteiger partial charge in [-0.25, -0.2) is 13.1 Å². The molecule has 0 bridgehead atoms. The fourth-order valence-electron chi connectivity index (χ4n) is 4.48. The van der Waals surface area contributed by atoms with Gasteiger partial charge in [0.1, 0.15) is 5.75 Å². The second kappa shape index (κ2) is 10.7. The first-order chi connectivity index (χ1) is 14.4. The molecule has 1 aromatic rings. The lowest BCUT2D eigenvalue weighted by Gasteiger charge is -2.35. The Kier molecular flexibility index (Phi) is 8.27. The minimum absolute atomic E-state index is 0.00477. The fraction of sp³-hybridized carbons (Fsp3) is 0.682. The number of carbonyl (C=O) groups excluding carboxylic acids is 1. The number of piperidine rings is 1. The van der Waals surface area contributed by atoms with Gasteiger partial charge in [-0.2, -0.15) is 0 Å². The van der Waals surface area contributed by atoms with Crippen molar-refractivity contribution in [3.05, 3.63) is 29.8 Å². The Balaban J connectivity index is 1.51. The molecular formula is C22H34N2O5S. The molecule has 1 aliphatic carbocycles. The smallest absolute Gasteiger partial charge is 0.209 e. The molecule has 0 radical (unpaired) electrons. The van der Waals surface area contributed by atoms with Gasteiger partial charge in [-0.1, -0.05) is 18.2 Å². The normalized spacial score (nSPS) is 28.6. The average Bonchev–Trinajstić information content (AvgIpc) is 2.73. The van der Waals surface area contributed by atoms with E-state index in [1.807, 2.05) is 18.2 Å². The molecule has 0 spiro atoms. The molecule has 0 aromatic heterocycles. The van der Waals surface area contributed by atoms with Crippen LogP contribution in [0.25, 0.3) is 0 Å². The molecule has 3 atom stereocenters. The van der Waals surface area contributed by atoms with Crippen LogP contribution < -0.4 is 14.8 Å². The third-order valence-electron chi connectivity index (χ3n) is 6.00. The van der Waals surface area contributed by atoms with Crippen LogP contribution in [0.15, 0.2) is 24.3 Å². The molecule has 1 heterocycles. The van der Waals surface area contributed by atoms with E-state index in [2.05, 4.69) is 16.1 Å². The van der Waals surface area contributed by atoms with Crippen LogP contribution >= 0.6 is 0 Å². The third-order valence-corrected chi connectivity index (χ3v) is 6.73. The topological polar surface area (TPSA) is 93.7 Å². The zero-order chi connectivity index (χ0) is 21.6. The van der Waals surface area contributed by atoms with Crippen molar-refractivity contribution in [3.63, 3.8) is 0 Å². The Morgan fingerprint density at radius 1 is 1.20 bits per heavy atom. The highest BCUT2D eigenvalue weighted by Gasteiger charge is 2.30. The van der Waals surface area contributed by atoms with Crippen molar-refractivity contribution < 1.29 is 22.7 Å². The molecule has 8 heteroatoms. The third kappa shape index (κ3) is 6.77. The zero-order valence-electron chi connectivity index (χ0n) is 17.9. The van der Waals surface area contributed by atoms with Gasteiger partial charge in [-0.3, -0.25) is 4.79 Å². The Bertz CT molecular complexity index is 792. The number of para-hydroxylation sites is 1. The van der Waals surface area contributed by atoms with Crippen molar-refractivity contribution in [1.29, 1.82) is 0 Å². The van der Waals surface area contributed by atoms with Crippen LogP contribution in [0.1, 0.15) is 56.9 Å². The monoisotopic (exact) mass is 438 g/mol. The maximum atomic E-state index is 11.6. The molecule has 2 aliphatic rings. The number of carbonyl (C=O) groups is 1. The molecule has 2 fully saturated rings. The van der Waals surface area contributed by atoms with Gasteiger partial charge < -0.3 is 14.8 Å². The second-order valence-corrected chi connectivity index (χ2v) is 10.3.